The summed E-state index contributed by atoms with van der Waals surface area (Å²) in [6.07, 6.45) is 1.71. The van der Waals surface area contributed by atoms with Gasteiger partial charge in [-0.3, -0.25) is 4.79 Å². The molecular formula is C14H15N2O2+. The minimum absolute atomic E-state index is 0.109. The largest absolute Gasteiger partial charge is 0.460 e. The third-order valence-corrected chi connectivity index (χ3v) is 2.71. The van der Waals surface area contributed by atoms with Crippen LogP contribution in [0.15, 0.2) is 53.5 Å². The standard InChI is InChI=1S/C14H14N2O2/c1-15-13(17)12-8-5-9-16(14(12)18)10-11-6-3-2-4-7-11/h2-9H,10H2,1H3,(H,15,17)/p+1. The zero-order valence-corrected chi connectivity index (χ0v) is 10.1. The Morgan fingerprint density at radius 1 is 1.22 bits per heavy atom. The molecule has 4 heteroatoms. The summed E-state index contributed by atoms with van der Waals surface area (Å²) in [5.41, 5.74) is 1.10. The molecule has 1 heterocycles. The van der Waals surface area contributed by atoms with E-state index in [-0.39, 0.29) is 17.0 Å². The highest BCUT2D eigenvalue weighted by molar-refractivity contribution is 5.87. The Bertz CT molecular complexity index is 615. The lowest BCUT2D eigenvalue weighted by atomic mass is 10.2. The second-order valence-corrected chi connectivity index (χ2v) is 3.94. The van der Waals surface area contributed by atoms with Crippen molar-refractivity contribution < 1.29 is 10.1 Å². The topological polar surface area (TPSA) is 56.2 Å². The Hall–Kier alpha value is -2.36. The van der Waals surface area contributed by atoms with Crippen molar-refractivity contribution in [3.63, 3.8) is 0 Å². The molecule has 0 unspecified atom stereocenters. The predicted molar refractivity (Wildman–Crippen MR) is 69.9 cm³/mol. The molecule has 92 valence electrons. The van der Waals surface area contributed by atoms with Crippen molar-refractivity contribution in [2.75, 3.05) is 7.05 Å². The zero-order chi connectivity index (χ0) is 13.0. The van der Waals surface area contributed by atoms with Crippen LogP contribution < -0.4 is 10.6 Å². The van der Waals surface area contributed by atoms with Crippen LogP contribution in [0.1, 0.15) is 11.1 Å². The molecule has 0 aliphatic rings. The van der Waals surface area contributed by atoms with Crippen LogP contribution in [0.4, 0.5) is 0 Å². The first-order valence-electron chi connectivity index (χ1n) is 5.70. The van der Waals surface area contributed by atoms with Crippen molar-refractivity contribution >= 4 is 5.90 Å². The van der Waals surface area contributed by atoms with Crippen LogP contribution in [0.25, 0.3) is 0 Å². The van der Waals surface area contributed by atoms with E-state index in [0.29, 0.717) is 6.54 Å². The molecular weight excluding hydrogens is 228 g/mol. The van der Waals surface area contributed by atoms with Gasteiger partial charge in [0.25, 0.3) is 5.56 Å². The first-order valence-corrected chi connectivity index (χ1v) is 5.70. The third kappa shape index (κ3) is 2.48. The van der Waals surface area contributed by atoms with Crippen LogP contribution in [0.5, 0.6) is 0 Å². The Balaban J connectivity index is 2.39. The lowest BCUT2D eigenvalue weighted by Gasteiger charge is -2.06. The fourth-order valence-corrected chi connectivity index (χ4v) is 1.76. The van der Waals surface area contributed by atoms with E-state index in [0.717, 1.165) is 5.56 Å². The molecule has 0 amide bonds. The molecule has 0 radical (unpaired) electrons. The molecule has 2 N–H and O–H groups in total. The number of nitrogens with one attached hydrogen (secondary N) is 1. The number of hydrogen-bond donors (Lipinski definition) is 2. The van der Waals surface area contributed by atoms with E-state index in [1.165, 1.54) is 0 Å². The maximum absolute atomic E-state index is 12.1. The quantitative estimate of drug-likeness (QED) is 0.585. The molecule has 1 aromatic carbocycles. The average Bonchev–Trinajstić information content (AvgIpc) is 2.41. The molecule has 0 saturated carbocycles. The highest BCUT2D eigenvalue weighted by atomic mass is 16.3. The molecule has 0 atom stereocenters. The Morgan fingerprint density at radius 2 is 1.94 bits per heavy atom. The van der Waals surface area contributed by atoms with Gasteiger partial charge in [-0.05, 0) is 17.7 Å². The SMILES string of the molecule is C[NH+]=C(O)c1cccn(Cc2ccccc2)c1=O. The molecule has 0 spiro atoms. The van der Waals surface area contributed by atoms with E-state index in [4.69, 9.17) is 0 Å². The third-order valence-electron chi connectivity index (χ3n) is 2.71. The molecule has 0 aliphatic carbocycles. The van der Waals surface area contributed by atoms with Gasteiger partial charge in [0, 0.05) is 6.20 Å². The normalized spacial score (nSPS) is 11.5. The van der Waals surface area contributed by atoms with Crippen molar-refractivity contribution in [1.82, 2.24) is 4.57 Å². The summed E-state index contributed by atoms with van der Waals surface area (Å²) in [4.78, 5) is 14.7. The smallest absolute Gasteiger partial charge is 0.371 e. The van der Waals surface area contributed by atoms with Crippen LogP contribution in [-0.2, 0) is 6.54 Å². The number of aromatic nitrogens is 1. The number of aliphatic hydroxyl groups is 1. The van der Waals surface area contributed by atoms with Gasteiger partial charge < -0.3 is 9.67 Å². The summed E-state index contributed by atoms with van der Waals surface area (Å²) in [6, 6.07) is 13.1. The molecule has 0 aliphatic heterocycles. The van der Waals surface area contributed by atoms with Gasteiger partial charge in [-0.25, -0.2) is 4.99 Å². The molecule has 2 aromatic rings. The number of hydrogen-bond acceptors (Lipinski definition) is 1. The summed E-state index contributed by atoms with van der Waals surface area (Å²) in [5, 5.41) is 9.59. The summed E-state index contributed by atoms with van der Waals surface area (Å²) >= 11 is 0. The predicted octanol–water partition coefficient (Wildman–Crippen LogP) is -0.0884. The fraction of sp³-hybridized carbons (Fsp3) is 0.143. The number of aliphatic hydroxyl groups excluding tert-OH is 1. The highest BCUT2D eigenvalue weighted by Crippen LogP contribution is 2.01. The van der Waals surface area contributed by atoms with Crippen LogP contribution in [0.3, 0.4) is 0 Å². The van der Waals surface area contributed by atoms with E-state index >= 15 is 0 Å². The van der Waals surface area contributed by atoms with Crippen molar-refractivity contribution in [2.24, 2.45) is 0 Å². The molecule has 0 saturated heterocycles. The minimum atomic E-state index is -0.215. The van der Waals surface area contributed by atoms with Crippen LogP contribution in [0.2, 0.25) is 0 Å². The van der Waals surface area contributed by atoms with Gasteiger partial charge in [0.05, 0.1) is 6.54 Å². The number of pyridine rings is 1. The average molecular weight is 243 g/mol. The molecule has 1 aromatic heterocycles. The number of rotatable bonds is 3. The van der Waals surface area contributed by atoms with Crippen LogP contribution >= 0.6 is 0 Å². The van der Waals surface area contributed by atoms with E-state index < -0.39 is 0 Å². The lowest BCUT2D eigenvalue weighted by Crippen LogP contribution is -2.69. The summed E-state index contributed by atoms with van der Waals surface area (Å²) in [5.74, 6) is -0.109. The van der Waals surface area contributed by atoms with Gasteiger partial charge in [-0.2, -0.15) is 0 Å². The van der Waals surface area contributed by atoms with Gasteiger partial charge in [0.1, 0.15) is 7.05 Å². The summed E-state index contributed by atoms with van der Waals surface area (Å²) < 4.78 is 1.57. The van der Waals surface area contributed by atoms with Gasteiger partial charge in [0.2, 0.25) is 0 Å². The van der Waals surface area contributed by atoms with Crippen molar-refractivity contribution in [3.8, 4) is 0 Å². The highest BCUT2D eigenvalue weighted by Gasteiger charge is 2.12. The lowest BCUT2D eigenvalue weighted by molar-refractivity contribution is -0.429. The van der Waals surface area contributed by atoms with Gasteiger partial charge in [0.15, 0.2) is 5.56 Å². The number of benzene rings is 1. The molecule has 2 rings (SSSR count). The first kappa shape index (κ1) is 12.1. The maximum atomic E-state index is 12.1. The monoisotopic (exact) mass is 243 g/mol. The van der Waals surface area contributed by atoms with E-state index in [2.05, 4.69) is 4.99 Å². The second kappa shape index (κ2) is 5.31. The maximum Gasteiger partial charge on any atom is 0.371 e. The zero-order valence-electron chi connectivity index (χ0n) is 10.1. The van der Waals surface area contributed by atoms with Crippen molar-refractivity contribution in [2.45, 2.75) is 6.54 Å². The summed E-state index contributed by atoms with van der Waals surface area (Å²) in [6.45, 7) is 0.491. The Labute approximate surface area is 105 Å². The number of nitrogens with zero attached hydrogens (tertiary/aromatic N) is 1. The van der Waals surface area contributed by atoms with E-state index in [9.17, 15) is 9.90 Å². The molecule has 18 heavy (non-hydrogen) atoms. The van der Waals surface area contributed by atoms with E-state index in [1.807, 2.05) is 30.3 Å². The minimum Gasteiger partial charge on any atom is -0.460 e. The summed E-state index contributed by atoms with van der Waals surface area (Å²) in [7, 11) is 1.57. The van der Waals surface area contributed by atoms with Crippen molar-refractivity contribution in [3.05, 3.63) is 70.1 Å². The van der Waals surface area contributed by atoms with Gasteiger partial charge >= 0.3 is 5.90 Å². The van der Waals surface area contributed by atoms with Gasteiger partial charge in [-0.1, -0.05) is 30.3 Å². The molecule has 0 fully saturated rings. The van der Waals surface area contributed by atoms with Gasteiger partial charge in [-0.15, -0.1) is 0 Å². The van der Waals surface area contributed by atoms with Crippen LogP contribution in [0, 0.1) is 0 Å². The first-order chi connectivity index (χ1) is 8.72. The Morgan fingerprint density at radius 3 is 2.61 bits per heavy atom. The van der Waals surface area contributed by atoms with Crippen molar-refractivity contribution in [1.29, 1.82) is 0 Å². The Kier molecular flexibility index (Phi) is 3.57. The molecule has 4 nitrogen and oxygen atoms in total. The van der Waals surface area contributed by atoms with Crippen LogP contribution in [-0.4, -0.2) is 22.6 Å². The second-order valence-electron chi connectivity index (χ2n) is 3.94. The fourth-order valence-electron chi connectivity index (χ4n) is 1.76. The van der Waals surface area contributed by atoms with E-state index in [1.54, 1.807) is 29.9 Å². The molecule has 0 bridgehead atoms.